The van der Waals surface area contributed by atoms with E-state index in [1.54, 1.807) is 0 Å². The first kappa shape index (κ1) is 21.1. The topological polar surface area (TPSA) is 37.3 Å². The zero-order valence-electron chi connectivity index (χ0n) is 16.1. The molecule has 0 aromatic carbocycles. The summed E-state index contributed by atoms with van der Waals surface area (Å²) in [6, 6.07) is 0. The van der Waals surface area contributed by atoms with E-state index in [1.165, 1.54) is 37.7 Å². The first-order valence-electron chi connectivity index (χ1n) is 10.4. The molecule has 2 aliphatic carbocycles. The summed E-state index contributed by atoms with van der Waals surface area (Å²) in [5, 5.41) is 9.45. The predicted octanol–water partition coefficient (Wildman–Crippen LogP) is 6.77. The average molecular weight is 369 g/mol. The number of alkyl halides is 2. The van der Waals surface area contributed by atoms with Crippen molar-refractivity contribution in [1.29, 1.82) is 0 Å². The van der Waals surface area contributed by atoms with Gasteiger partial charge in [0.15, 0.2) is 0 Å². The lowest BCUT2D eigenvalue weighted by Gasteiger charge is -2.39. The number of halogens is 2. The van der Waals surface area contributed by atoms with Crippen molar-refractivity contribution in [2.75, 3.05) is 0 Å². The predicted molar refractivity (Wildman–Crippen MR) is 101 cm³/mol. The maximum absolute atomic E-state index is 12.8. The van der Waals surface area contributed by atoms with Crippen LogP contribution < -0.4 is 0 Å². The van der Waals surface area contributed by atoms with Crippen LogP contribution in [0.3, 0.4) is 0 Å². The van der Waals surface area contributed by atoms with Crippen molar-refractivity contribution in [3.63, 3.8) is 0 Å². The molecule has 0 amide bonds. The van der Waals surface area contributed by atoms with Crippen molar-refractivity contribution in [2.24, 2.45) is 17.3 Å². The van der Waals surface area contributed by atoms with Crippen molar-refractivity contribution in [3.05, 3.63) is 23.8 Å². The van der Waals surface area contributed by atoms with Gasteiger partial charge in [0.1, 0.15) is 0 Å². The molecule has 0 spiro atoms. The molecule has 0 aromatic rings. The monoisotopic (exact) mass is 368 g/mol. The molecule has 4 heteroatoms. The van der Waals surface area contributed by atoms with Gasteiger partial charge in [-0.05, 0) is 56.8 Å². The lowest BCUT2D eigenvalue weighted by molar-refractivity contribution is -0.155. The van der Waals surface area contributed by atoms with Crippen molar-refractivity contribution in [1.82, 2.24) is 0 Å². The SMILES string of the molecule is CCCCCCCC1=CCC([C@H]2CC[C@](CC(F)F)(C(=O)O)CC2)C=C1. The Labute approximate surface area is 156 Å². The molecule has 1 fully saturated rings. The molecule has 1 unspecified atom stereocenters. The van der Waals surface area contributed by atoms with Gasteiger partial charge in [-0.1, -0.05) is 56.4 Å². The molecule has 2 aliphatic rings. The van der Waals surface area contributed by atoms with E-state index in [1.807, 2.05) is 0 Å². The second kappa shape index (κ2) is 10.2. The van der Waals surface area contributed by atoms with Gasteiger partial charge < -0.3 is 5.11 Å². The van der Waals surface area contributed by atoms with Crippen LogP contribution in [0.25, 0.3) is 0 Å². The van der Waals surface area contributed by atoms with Crippen LogP contribution in [0.1, 0.15) is 84.0 Å². The van der Waals surface area contributed by atoms with E-state index in [-0.39, 0.29) is 0 Å². The van der Waals surface area contributed by atoms with Crippen LogP contribution in [0.15, 0.2) is 23.8 Å². The smallest absolute Gasteiger partial charge is 0.309 e. The second-order valence-electron chi connectivity index (χ2n) is 8.22. The molecule has 1 N–H and O–H groups in total. The number of unbranched alkanes of at least 4 members (excludes halogenated alkanes) is 4. The van der Waals surface area contributed by atoms with Crippen LogP contribution in [0.4, 0.5) is 8.78 Å². The first-order valence-corrected chi connectivity index (χ1v) is 10.4. The van der Waals surface area contributed by atoms with E-state index in [2.05, 4.69) is 25.2 Å². The second-order valence-corrected chi connectivity index (χ2v) is 8.22. The van der Waals surface area contributed by atoms with Crippen LogP contribution in [-0.2, 0) is 4.79 Å². The molecule has 0 saturated heterocycles. The zero-order chi connectivity index (χ0) is 19.0. The Hall–Kier alpha value is -1.19. The average Bonchev–Trinajstić information content (AvgIpc) is 2.62. The molecular formula is C22H34F2O2. The van der Waals surface area contributed by atoms with Gasteiger partial charge in [-0.3, -0.25) is 4.79 Å². The molecule has 26 heavy (non-hydrogen) atoms. The van der Waals surface area contributed by atoms with Gasteiger partial charge in [0.2, 0.25) is 6.43 Å². The highest BCUT2D eigenvalue weighted by Crippen LogP contribution is 2.46. The van der Waals surface area contributed by atoms with Gasteiger partial charge in [0, 0.05) is 6.42 Å². The van der Waals surface area contributed by atoms with Crippen LogP contribution >= 0.6 is 0 Å². The highest BCUT2D eigenvalue weighted by atomic mass is 19.3. The van der Waals surface area contributed by atoms with Crippen molar-refractivity contribution < 1.29 is 18.7 Å². The number of rotatable bonds is 10. The Morgan fingerprint density at radius 3 is 2.46 bits per heavy atom. The number of carbonyl (C=O) groups is 1. The summed E-state index contributed by atoms with van der Waals surface area (Å²) < 4.78 is 25.6. The summed E-state index contributed by atoms with van der Waals surface area (Å²) in [7, 11) is 0. The number of hydrogen-bond donors (Lipinski definition) is 1. The van der Waals surface area contributed by atoms with Gasteiger partial charge in [-0.2, -0.15) is 0 Å². The summed E-state index contributed by atoms with van der Waals surface area (Å²) in [4.78, 5) is 11.5. The molecule has 0 bridgehead atoms. The minimum absolute atomic E-state index is 0.385. The van der Waals surface area contributed by atoms with Gasteiger partial charge in [-0.25, -0.2) is 8.78 Å². The van der Waals surface area contributed by atoms with E-state index >= 15 is 0 Å². The largest absolute Gasteiger partial charge is 0.481 e. The first-order chi connectivity index (χ1) is 12.5. The Balaban J connectivity index is 1.77. The quantitative estimate of drug-likeness (QED) is 0.432. The lowest BCUT2D eigenvalue weighted by atomic mass is 9.65. The number of hydrogen-bond acceptors (Lipinski definition) is 1. The van der Waals surface area contributed by atoms with Crippen LogP contribution in [0, 0.1) is 17.3 Å². The Morgan fingerprint density at radius 2 is 1.92 bits per heavy atom. The summed E-state index contributed by atoms with van der Waals surface area (Å²) in [6.07, 6.45) is 14.7. The molecule has 2 nitrogen and oxygen atoms in total. The van der Waals surface area contributed by atoms with E-state index in [4.69, 9.17) is 0 Å². The Bertz CT molecular complexity index is 502. The van der Waals surface area contributed by atoms with E-state index in [0.29, 0.717) is 24.7 Å². The summed E-state index contributed by atoms with van der Waals surface area (Å²) in [5.41, 5.74) is 0.217. The van der Waals surface area contributed by atoms with Crippen molar-refractivity contribution in [3.8, 4) is 0 Å². The van der Waals surface area contributed by atoms with Gasteiger partial charge >= 0.3 is 5.97 Å². The molecule has 2 rings (SSSR count). The van der Waals surface area contributed by atoms with E-state index < -0.39 is 24.2 Å². The zero-order valence-corrected chi connectivity index (χ0v) is 16.1. The fraction of sp³-hybridized carbons (Fsp3) is 0.773. The number of aliphatic carboxylic acids is 1. The fourth-order valence-corrected chi connectivity index (χ4v) is 4.57. The van der Waals surface area contributed by atoms with Gasteiger partial charge in [0.25, 0.3) is 0 Å². The number of carboxylic acid groups (broad SMARTS) is 1. The Kier molecular flexibility index (Phi) is 8.30. The normalized spacial score (nSPS) is 29.0. The van der Waals surface area contributed by atoms with Crippen molar-refractivity contribution >= 4 is 5.97 Å². The number of carboxylic acids is 1. The highest BCUT2D eigenvalue weighted by molar-refractivity contribution is 5.74. The highest BCUT2D eigenvalue weighted by Gasteiger charge is 2.44. The third-order valence-electron chi connectivity index (χ3n) is 6.37. The fourth-order valence-electron chi connectivity index (χ4n) is 4.57. The molecular weight excluding hydrogens is 334 g/mol. The van der Waals surface area contributed by atoms with Gasteiger partial charge in [-0.15, -0.1) is 0 Å². The summed E-state index contributed by atoms with van der Waals surface area (Å²) >= 11 is 0. The molecule has 148 valence electrons. The lowest BCUT2D eigenvalue weighted by Crippen LogP contribution is -2.38. The Morgan fingerprint density at radius 1 is 1.23 bits per heavy atom. The molecule has 0 heterocycles. The minimum Gasteiger partial charge on any atom is -0.481 e. The van der Waals surface area contributed by atoms with Crippen LogP contribution in [0.2, 0.25) is 0 Å². The maximum Gasteiger partial charge on any atom is 0.309 e. The summed E-state index contributed by atoms with van der Waals surface area (Å²) in [6.45, 7) is 2.23. The molecule has 0 aliphatic heterocycles. The molecule has 0 aromatic heterocycles. The minimum atomic E-state index is -2.54. The van der Waals surface area contributed by atoms with E-state index in [9.17, 15) is 18.7 Å². The molecule has 0 radical (unpaired) electrons. The molecule has 1 atom stereocenters. The molecule has 1 saturated carbocycles. The third-order valence-corrected chi connectivity index (χ3v) is 6.37. The van der Waals surface area contributed by atoms with Crippen LogP contribution in [0.5, 0.6) is 0 Å². The van der Waals surface area contributed by atoms with Crippen molar-refractivity contribution in [2.45, 2.75) is 90.4 Å². The number of allylic oxidation sites excluding steroid dienone is 4. The van der Waals surface area contributed by atoms with Crippen LogP contribution in [-0.4, -0.2) is 17.5 Å². The standard InChI is InChI=1S/C22H34F2O2/c1-2-3-4-5-6-7-17-8-10-18(11-9-17)19-12-14-22(15-13-19,21(25)26)16-20(23)24/h8-10,18-20H,2-7,11-16H2,1H3,(H,25,26)/t18?,19-,22-. The summed E-state index contributed by atoms with van der Waals surface area (Å²) in [5.74, 6) is -0.170. The van der Waals surface area contributed by atoms with E-state index in [0.717, 1.165) is 25.7 Å². The van der Waals surface area contributed by atoms with Gasteiger partial charge in [0.05, 0.1) is 5.41 Å². The third kappa shape index (κ3) is 5.92. The maximum atomic E-state index is 12.8.